The molecule has 0 spiro atoms. The maximum absolute atomic E-state index is 11.2. The Morgan fingerprint density at radius 3 is 2.96 bits per heavy atom. The molecule has 0 amide bonds. The third-order valence-corrected chi connectivity index (χ3v) is 4.73. The van der Waals surface area contributed by atoms with Gasteiger partial charge in [0.05, 0.1) is 17.8 Å². The van der Waals surface area contributed by atoms with Crippen molar-refractivity contribution in [3.8, 4) is 0 Å². The highest BCUT2D eigenvalue weighted by atomic mass is 16.4. The number of hydrogen-bond donors (Lipinski definition) is 2. The summed E-state index contributed by atoms with van der Waals surface area (Å²) in [5.41, 5.74) is 4.62. The van der Waals surface area contributed by atoms with Gasteiger partial charge in [-0.25, -0.2) is 9.78 Å². The molecule has 2 N–H and O–H groups in total. The number of fused-ring (bicyclic) bond motifs is 3. The maximum atomic E-state index is 11.2. The largest absolute Gasteiger partial charge is 0.478 e. The zero-order chi connectivity index (χ0) is 16.8. The molecule has 0 saturated carbocycles. The van der Waals surface area contributed by atoms with Crippen molar-refractivity contribution in [2.24, 2.45) is 0 Å². The molecule has 0 unspecified atom stereocenters. The molecule has 124 valence electrons. The van der Waals surface area contributed by atoms with E-state index in [1.54, 1.807) is 12.1 Å². The molecule has 3 aromatic rings. The van der Waals surface area contributed by atoms with Crippen LogP contribution in [0.3, 0.4) is 0 Å². The van der Waals surface area contributed by atoms with E-state index in [0.29, 0.717) is 12.1 Å². The monoisotopic (exact) mass is 325 g/mol. The molecule has 0 radical (unpaired) electrons. The Balaban J connectivity index is 1.64. The van der Waals surface area contributed by atoms with Crippen LogP contribution >= 0.6 is 0 Å². The number of oxazole rings is 1. The van der Waals surface area contributed by atoms with Crippen LogP contribution in [0.5, 0.6) is 0 Å². The highest BCUT2D eigenvalue weighted by Gasteiger charge is 2.22. The van der Waals surface area contributed by atoms with Crippen LogP contribution in [0.1, 0.15) is 39.0 Å². The molecule has 1 aliphatic heterocycles. The Bertz CT molecular complexity index is 919. The molecule has 1 aliphatic rings. The molecular formula is C18H19N3O3. The van der Waals surface area contributed by atoms with Crippen LogP contribution in [0.15, 0.2) is 22.6 Å². The van der Waals surface area contributed by atoms with Gasteiger partial charge >= 0.3 is 5.97 Å². The van der Waals surface area contributed by atoms with Gasteiger partial charge in [-0.2, -0.15) is 0 Å². The van der Waals surface area contributed by atoms with Gasteiger partial charge in [0, 0.05) is 36.1 Å². The molecule has 0 saturated heterocycles. The quantitative estimate of drug-likeness (QED) is 0.773. The van der Waals surface area contributed by atoms with Crippen LogP contribution in [0.4, 0.5) is 0 Å². The van der Waals surface area contributed by atoms with Gasteiger partial charge in [-0.05, 0) is 37.6 Å². The predicted molar refractivity (Wildman–Crippen MR) is 89.1 cm³/mol. The van der Waals surface area contributed by atoms with Gasteiger partial charge in [0.2, 0.25) is 5.89 Å². The summed E-state index contributed by atoms with van der Waals surface area (Å²) >= 11 is 0. The Morgan fingerprint density at radius 2 is 2.25 bits per heavy atom. The Morgan fingerprint density at radius 1 is 1.42 bits per heavy atom. The van der Waals surface area contributed by atoms with Crippen molar-refractivity contribution in [2.75, 3.05) is 6.54 Å². The first-order chi connectivity index (χ1) is 11.5. The number of aryl methyl sites for hydroxylation is 2. The molecule has 3 heterocycles. The number of carboxylic acids is 1. The number of aromatic carboxylic acids is 1. The minimum absolute atomic E-state index is 0.320. The van der Waals surface area contributed by atoms with Gasteiger partial charge in [-0.15, -0.1) is 0 Å². The fourth-order valence-electron chi connectivity index (χ4n) is 3.34. The van der Waals surface area contributed by atoms with E-state index >= 15 is 0 Å². The summed E-state index contributed by atoms with van der Waals surface area (Å²) in [4.78, 5) is 21.4. The highest BCUT2D eigenvalue weighted by molar-refractivity contribution is 5.95. The van der Waals surface area contributed by atoms with E-state index in [2.05, 4.69) is 14.9 Å². The smallest absolute Gasteiger partial charge is 0.335 e. The van der Waals surface area contributed by atoms with Crippen LogP contribution in [-0.2, 0) is 19.5 Å². The second-order valence-electron chi connectivity index (χ2n) is 6.36. The van der Waals surface area contributed by atoms with Gasteiger partial charge < -0.3 is 14.5 Å². The average Bonchev–Trinajstić information content (AvgIpc) is 3.06. The molecule has 0 fully saturated rings. The molecule has 2 aromatic heterocycles. The van der Waals surface area contributed by atoms with E-state index in [1.807, 2.05) is 19.9 Å². The molecule has 24 heavy (non-hydrogen) atoms. The van der Waals surface area contributed by atoms with E-state index in [4.69, 9.17) is 4.42 Å². The van der Waals surface area contributed by atoms with E-state index in [-0.39, 0.29) is 0 Å². The van der Waals surface area contributed by atoms with Crippen molar-refractivity contribution in [2.45, 2.75) is 33.4 Å². The first-order valence-electron chi connectivity index (χ1n) is 8.03. The fraction of sp³-hybridized carbons (Fsp3) is 0.333. The van der Waals surface area contributed by atoms with E-state index in [1.165, 1.54) is 11.3 Å². The SMILES string of the molecule is Cc1nc(CN2CCc3[nH]c4ccc(C(=O)O)cc4c3C2)oc1C. The number of carboxylic acid groups (broad SMARTS) is 1. The number of nitrogens with zero attached hydrogens (tertiary/aromatic N) is 2. The minimum atomic E-state index is -0.898. The summed E-state index contributed by atoms with van der Waals surface area (Å²) in [6.07, 6.45) is 0.908. The third-order valence-electron chi connectivity index (χ3n) is 4.73. The molecule has 0 bridgehead atoms. The van der Waals surface area contributed by atoms with Crippen molar-refractivity contribution in [1.29, 1.82) is 0 Å². The number of rotatable bonds is 3. The minimum Gasteiger partial charge on any atom is -0.478 e. The first kappa shape index (κ1) is 15.0. The summed E-state index contributed by atoms with van der Waals surface area (Å²) in [5.74, 6) is 0.700. The number of hydrogen-bond acceptors (Lipinski definition) is 4. The van der Waals surface area contributed by atoms with Crippen LogP contribution in [0.25, 0.3) is 10.9 Å². The molecule has 6 heteroatoms. The average molecular weight is 325 g/mol. The van der Waals surface area contributed by atoms with Crippen molar-refractivity contribution in [1.82, 2.24) is 14.9 Å². The molecule has 6 nitrogen and oxygen atoms in total. The number of benzene rings is 1. The number of nitrogens with one attached hydrogen (secondary N) is 1. The van der Waals surface area contributed by atoms with E-state index in [0.717, 1.165) is 47.8 Å². The lowest BCUT2D eigenvalue weighted by Gasteiger charge is -2.25. The number of carbonyl (C=O) groups is 1. The number of H-pyrrole nitrogens is 1. The van der Waals surface area contributed by atoms with Crippen LogP contribution < -0.4 is 0 Å². The normalized spacial score (nSPS) is 14.9. The van der Waals surface area contributed by atoms with Gasteiger partial charge in [0.1, 0.15) is 5.76 Å². The van der Waals surface area contributed by atoms with E-state index < -0.39 is 5.97 Å². The van der Waals surface area contributed by atoms with Crippen molar-refractivity contribution < 1.29 is 14.3 Å². The maximum Gasteiger partial charge on any atom is 0.335 e. The first-order valence-corrected chi connectivity index (χ1v) is 8.03. The van der Waals surface area contributed by atoms with Crippen LogP contribution in [0, 0.1) is 13.8 Å². The Labute approximate surface area is 139 Å². The summed E-state index contributed by atoms with van der Waals surface area (Å²) in [5, 5.41) is 10.2. The van der Waals surface area contributed by atoms with Gasteiger partial charge in [0.25, 0.3) is 0 Å². The van der Waals surface area contributed by atoms with E-state index in [9.17, 15) is 9.90 Å². The standard InChI is InChI=1S/C18H19N3O3/c1-10-11(2)24-17(19-10)9-21-6-5-16-14(8-21)13-7-12(18(22)23)3-4-15(13)20-16/h3-4,7,20H,5-6,8-9H2,1-2H3,(H,22,23). The lowest BCUT2D eigenvalue weighted by molar-refractivity contribution is 0.0697. The zero-order valence-electron chi connectivity index (χ0n) is 13.7. The van der Waals surface area contributed by atoms with Crippen LogP contribution in [-0.4, -0.2) is 32.5 Å². The summed E-state index contributed by atoms with van der Waals surface area (Å²) in [7, 11) is 0. The van der Waals surface area contributed by atoms with Gasteiger partial charge in [0.15, 0.2) is 0 Å². The molecule has 1 aromatic carbocycles. The zero-order valence-corrected chi connectivity index (χ0v) is 13.7. The van der Waals surface area contributed by atoms with Gasteiger partial charge in [-0.1, -0.05) is 0 Å². The van der Waals surface area contributed by atoms with Gasteiger partial charge in [-0.3, -0.25) is 4.90 Å². The Hall–Kier alpha value is -2.60. The number of aromatic nitrogens is 2. The van der Waals surface area contributed by atoms with Crippen molar-refractivity contribution in [3.63, 3.8) is 0 Å². The second-order valence-corrected chi connectivity index (χ2v) is 6.36. The number of aromatic amines is 1. The third kappa shape index (κ3) is 2.49. The van der Waals surface area contributed by atoms with Crippen molar-refractivity contribution in [3.05, 3.63) is 52.4 Å². The highest BCUT2D eigenvalue weighted by Crippen LogP contribution is 2.29. The lowest BCUT2D eigenvalue weighted by atomic mass is 10.0. The summed E-state index contributed by atoms with van der Waals surface area (Å²) in [6.45, 7) is 6.22. The molecule has 0 atom stereocenters. The second kappa shape index (κ2) is 5.49. The lowest BCUT2D eigenvalue weighted by Crippen LogP contribution is -2.29. The Kier molecular flexibility index (Phi) is 3.42. The van der Waals surface area contributed by atoms with Crippen LogP contribution in [0.2, 0.25) is 0 Å². The summed E-state index contributed by atoms with van der Waals surface area (Å²) in [6, 6.07) is 5.25. The fourth-order valence-corrected chi connectivity index (χ4v) is 3.34. The molecule has 0 aliphatic carbocycles. The molecule has 4 rings (SSSR count). The predicted octanol–water partition coefficient (Wildman–Crippen LogP) is 3.03. The topological polar surface area (TPSA) is 82.4 Å². The molecular weight excluding hydrogens is 306 g/mol. The van der Waals surface area contributed by atoms with Crippen molar-refractivity contribution >= 4 is 16.9 Å². The summed E-state index contributed by atoms with van der Waals surface area (Å²) < 4.78 is 5.69.